The Morgan fingerprint density at radius 2 is 1.81 bits per heavy atom. The normalized spacial score (nSPS) is 15.6. The lowest BCUT2D eigenvalue weighted by Gasteiger charge is -2.37. The summed E-state index contributed by atoms with van der Waals surface area (Å²) in [4.78, 5) is 26.3. The minimum Gasteiger partial charge on any atom is -0.493 e. The Morgan fingerprint density at radius 1 is 1.11 bits per heavy atom. The largest absolute Gasteiger partial charge is 0.493 e. The van der Waals surface area contributed by atoms with E-state index in [0.29, 0.717) is 44.1 Å². The number of amides is 4. The van der Waals surface area contributed by atoms with Gasteiger partial charge in [-0.05, 0) is 43.0 Å². The molecule has 3 N–H and O–H groups in total. The number of urea groups is 2. The van der Waals surface area contributed by atoms with Crippen molar-refractivity contribution in [1.29, 1.82) is 0 Å². The van der Waals surface area contributed by atoms with Gasteiger partial charge in [0.15, 0.2) is 11.5 Å². The van der Waals surface area contributed by atoms with Crippen molar-refractivity contribution in [2.24, 2.45) is 0 Å². The molecule has 1 heterocycles. The Morgan fingerprint density at radius 3 is 2.44 bits per heavy atom. The minimum absolute atomic E-state index is 0.140. The van der Waals surface area contributed by atoms with E-state index in [9.17, 15) is 9.59 Å². The summed E-state index contributed by atoms with van der Waals surface area (Å²) < 4.78 is 10.8. The van der Waals surface area contributed by atoms with Gasteiger partial charge in [-0.1, -0.05) is 6.92 Å². The molecule has 0 saturated carbocycles. The van der Waals surface area contributed by atoms with E-state index in [-0.39, 0.29) is 18.1 Å². The van der Waals surface area contributed by atoms with Crippen LogP contribution in [0.15, 0.2) is 12.1 Å². The topological polar surface area (TPSA) is 91.9 Å². The Balaban J connectivity index is 2.30. The molecular formula is C19H30N4O4. The highest BCUT2D eigenvalue weighted by Crippen LogP contribution is 2.37. The third-order valence-electron chi connectivity index (χ3n) is 4.58. The third-order valence-corrected chi connectivity index (χ3v) is 4.58. The molecule has 8 heteroatoms. The summed E-state index contributed by atoms with van der Waals surface area (Å²) in [6.07, 6.45) is 1.58. The predicted octanol–water partition coefficient (Wildman–Crippen LogP) is 2.04. The van der Waals surface area contributed by atoms with E-state index in [1.807, 2.05) is 26.0 Å². The van der Waals surface area contributed by atoms with E-state index in [4.69, 9.17) is 9.47 Å². The summed E-state index contributed by atoms with van der Waals surface area (Å²) in [6.45, 7) is 5.92. The molecule has 0 aromatic heterocycles. The monoisotopic (exact) mass is 378 g/mol. The average Bonchev–Trinajstić information content (AvgIpc) is 2.69. The number of nitrogens with one attached hydrogen (secondary N) is 3. The molecule has 8 nitrogen and oxygen atoms in total. The number of hydrogen-bond donors (Lipinski definition) is 3. The third kappa shape index (κ3) is 4.96. The smallest absolute Gasteiger partial charge is 0.317 e. The number of ether oxygens (including phenoxy) is 2. The van der Waals surface area contributed by atoms with Crippen LogP contribution < -0.4 is 25.4 Å². The van der Waals surface area contributed by atoms with Crippen molar-refractivity contribution in [1.82, 2.24) is 20.9 Å². The molecular weight excluding hydrogens is 348 g/mol. The van der Waals surface area contributed by atoms with Gasteiger partial charge >= 0.3 is 12.1 Å². The zero-order chi connectivity index (χ0) is 19.8. The van der Waals surface area contributed by atoms with Crippen molar-refractivity contribution < 1.29 is 19.1 Å². The molecule has 1 aromatic carbocycles. The highest BCUT2D eigenvalue weighted by atomic mass is 16.5. The summed E-state index contributed by atoms with van der Waals surface area (Å²) in [5.41, 5.74) is 2.05. The molecule has 4 amide bonds. The maximum Gasteiger partial charge on any atom is 0.317 e. The summed E-state index contributed by atoms with van der Waals surface area (Å²) in [6, 6.07) is 3.19. The van der Waals surface area contributed by atoms with Gasteiger partial charge in [0.2, 0.25) is 0 Å². The van der Waals surface area contributed by atoms with Crippen LogP contribution in [0.3, 0.4) is 0 Å². The van der Waals surface area contributed by atoms with Gasteiger partial charge in [-0.25, -0.2) is 9.59 Å². The standard InChI is InChI=1S/C19H30N4O4/c1-5-8-21-18(24)22-12-15-14-11-17(27-4)16(26-3)10-13(14)7-9-23(15)19(25)20-6-2/h10-11,15H,5-9,12H2,1-4H3,(H,20,25)(H2,21,22,24)/t15-/m1/s1. The van der Waals surface area contributed by atoms with E-state index in [0.717, 1.165) is 17.5 Å². The Bertz CT molecular complexity index is 665. The molecule has 0 saturated heterocycles. The molecule has 0 fully saturated rings. The van der Waals surface area contributed by atoms with Crippen LogP contribution in [0.25, 0.3) is 0 Å². The van der Waals surface area contributed by atoms with Gasteiger partial charge in [0.05, 0.1) is 20.3 Å². The zero-order valence-corrected chi connectivity index (χ0v) is 16.6. The van der Waals surface area contributed by atoms with Crippen LogP contribution in [0.2, 0.25) is 0 Å². The van der Waals surface area contributed by atoms with Crippen LogP contribution in [0.4, 0.5) is 9.59 Å². The van der Waals surface area contributed by atoms with Crippen LogP contribution in [0, 0.1) is 0 Å². The van der Waals surface area contributed by atoms with Crippen molar-refractivity contribution in [3.63, 3.8) is 0 Å². The number of fused-ring (bicyclic) bond motifs is 1. The molecule has 1 aliphatic heterocycles. The van der Waals surface area contributed by atoms with Gasteiger partial charge in [-0.3, -0.25) is 0 Å². The summed E-state index contributed by atoms with van der Waals surface area (Å²) in [5, 5.41) is 8.52. The van der Waals surface area contributed by atoms with Crippen LogP contribution >= 0.6 is 0 Å². The molecule has 0 radical (unpaired) electrons. The fourth-order valence-electron chi connectivity index (χ4n) is 3.23. The van der Waals surface area contributed by atoms with Gasteiger partial charge in [0.25, 0.3) is 0 Å². The average molecular weight is 378 g/mol. The molecule has 0 unspecified atom stereocenters. The van der Waals surface area contributed by atoms with Gasteiger partial charge in [-0.2, -0.15) is 0 Å². The summed E-state index contributed by atoms with van der Waals surface area (Å²) >= 11 is 0. The SMILES string of the molecule is CCCNC(=O)NC[C@@H]1c2cc(OC)c(OC)cc2CCN1C(=O)NCC. The van der Waals surface area contributed by atoms with Crippen molar-refractivity contribution in [2.45, 2.75) is 32.7 Å². The van der Waals surface area contributed by atoms with Crippen molar-refractivity contribution >= 4 is 12.1 Å². The molecule has 2 rings (SSSR count). The number of rotatable bonds is 7. The molecule has 0 aliphatic carbocycles. The highest BCUT2D eigenvalue weighted by Gasteiger charge is 2.32. The number of methoxy groups -OCH3 is 2. The maximum atomic E-state index is 12.5. The lowest BCUT2D eigenvalue weighted by atomic mass is 9.92. The van der Waals surface area contributed by atoms with E-state index in [2.05, 4.69) is 16.0 Å². The number of hydrogen-bond acceptors (Lipinski definition) is 4. The number of nitrogens with zero attached hydrogens (tertiary/aromatic N) is 1. The van der Waals surface area contributed by atoms with E-state index in [1.54, 1.807) is 19.1 Å². The zero-order valence-electron chi connectivity index (χ0n) is 16.6. The second-order valence-corrected chi connectivity index (χ2v) is 6.34. The predicted molar refractivity (Wildman–Crippen MR) is 103 cm³/mol. The molecule has 27 heavy (non-hydrogen) atoms. The van der Waals surface area contributed by atoms with Gasteiger partial charge in [0, 0.05) is 26.2 Å². The lowest BCUT2D eigenvalue weighted by Crippen LogP contribution is -2.50. The van der Waals surface area contributed by atoms with Crippen molar-refractivity contribution in [3.05, 3.63) is 23.3 Å². The van der Waals surface area contributed by atoms with Crippen LogP contribution in [0.1, 0.15) is 37.4 Å². The number of benzene rings is 1. The maximum absolute atomic E-state index is 12.5. The molecule has 1 aromatic rings. The first kappa shape index (κ1) is 20.7. The second-order valence-electron chi connectivity index (χ2n) is 6.34. The Labute approximate surface area is 160 Å². The number of carbonyl (C=O) groups excluding carboxylic acids is 2. The lowest BCUT2D eigenvalue weighted by molar-refractivity contribution is 0.167. The van der Waals surface area contributed by atoms with Gasteiger partial charge in [-0.15, -0.1) is 0 Å². The Hall–Kier alpha value is -2.64. The van der Waals surface area contributed by atoms with Crippen LogP contribution in [0.5, 0.6) is 11.5 Å². The van der Waals surface area contributed by atoms with Crippen LogP contribution in [-0.2, 0) is 6.42 Å². The van der Waals surface area contributed by atoms with Gasteiger partial charge in [0.1, 0.15) is 0 Å². The molecule has 150 valence electrons. The van der Waals surface area contributed by atoms with E-state index in [1.165, 1.54) is 0 Å². The second kappa shape index (κ2) is 9.89. The first-order chi connectivity index (χ1) is 13.0. The summed E-state index contributed by atoms with van der Waals surface area (Å²) in [5.74, 6) is 1.27. The van der Waals surface area contributed by atoms with E-state index < -0.39 is 0 Å². The highest BCUT2D eigenvalue weighted by molar-refractivity contribution is 5.76. The first-order valence-electron chi connectivity index (χ1n) is 9.36. The molecule has 1 aliphatic rings. The van der Waals surface area contributed by atoms with Crippen molar-refractivity contribution in [2.75, 3.05) is 40.4 Å². The molecule has 1 atom stereocenters. The Kier molecular flexibility index (Phi) is 7.57. The fourth-order valence-corrected chi connectivity index (χ4v) is 3.23. The number of carbonyl (C=O) groups is 2. The minimum atomic E-state index is -0.285. The van der Waals surface area contributed by atoms with Crippen LogP contribution in [-0.4, -0.2) is 57.4 Å². The first-order valence-corrected chi connectivity index (χ1v) is 9.36. The van der Waals surface area contributed by atoms with Crippen molar-refractivity contribution in [3.8, 4) is 11.5 Å². The quantitative estimate of drug-likeness (QED) is 0.677. The summed E-state index contributed by atoms with van der Waals surface area (Å²) in [7, 11) is 3.19. The molecule has 0 spiro atoms. The van der Waals surface area contributed by atoms with E-state index >= 15 is 0 Å². The fraction of sp³-hybridized carbons (Fsp3) is 0.579. The molecule has 0 bridgehead atoms. The van der Waals surface area contributed by atoms with Gasteiger partial charge < -0.3 is 30.3 Å².